The summed E-state index contributed by atoms with van der Waals surface area (Å²) in [5.74, 6) is -0.355. The molecule has 0 unspecified atom stereocenters. The highest BCUT2D eigenvalue weighted by Gasteiger charge is 2.51. The molecule has 3 aromatic carbocycles. The topological polar surface area (TPSA) is 53.3 Å². The third-order valence-corrected chi connectivity index (χ3v) is 8.94. The number of hydrogen-bond acceptors (Lipinski definition) is 4. The first kappa shape index (κ1) is 26.1. The van der Waals surface area contributed by atoms with Crippen molar-refractivity contribution in [3.05, 3.63) is 107 Å². The molecular formula is C33H35FN2O2. The van der Waals surface area contributed by atoms with Gasteiger partial charge in [0.2, 0.25) is 0 Å². The van der Waals surface area contributed by atoms with Gasteiger partial charge in [-0.15, -0.1) is 0 Å². The lowest BCUT2D eigenvalue weighted by Gasteiger charge is -2.49. The Morgan fingerprint density at radius 3 is 2.18 bits per heavy atom. The van der Waals surface area contributed by atoms with Gasteiger partial charge in [0.25, 0.3) is 0 Å². The fraction of sp³-hybridized carbons (Fsp3) is 0.394. The molecule has 0 aromatic heterocycles. The van der Waals surface area contributed by atoms with Gasteiger partial charge in [-0.05, 0) is 73.4 Å². The third kappa shape index (κ3) is 4.98. The third-order valence-electron chi connectivity index (χ3n) is 8.94. The Labute approximate surface area is 225 Å². The van der Waals surface area contributed by atoms with Crippen LogP contribution in [0.2, 0.25) is 0 Å². The lowest BCUT2D eigenvalue weighted by Crippen LogP contribution is -2.56. The largest absolute Gasteiger partial charge is 0.460 e. The van der Waals surface area contributed by atoms with Crippen LogP contribution in [0.3, 0.4) is 0 Å². The first-order valence-corrected chi connectivity index (χ1v) is 13.6. The quantitative estimate of drug-likeness (QED) is 0.353. The van der Waals surface area contributed by atoms with Gasteiger partial charge in [-0.3, -0.25) is 4.79 Å². The van der Waals surface area contributed by atoms with Crippen LogP contribution in [-0.4, -0.2) is 30.0 Å². The predicted octanol–water partition coefficient (Wildman–Crippen LogP) is 6.55. The van der Waals surface area contributed by atoms with E-state index in [4.69, 9.17) is 4.74 Å². The van der Waals surface area contributed by atoms with Gasteiger partial charge in [-0.25, -0.2) is 4.39 Å². The zero-order chi connectivity index (χ0) is 26.6. The smallest absolute Gasteiger partial charge is 0.317 e. The monoisotopic (exact) mass is 510 g/mol. The standard InChI is InChI=1S/C33H35FN2O2/c1-25-22-36(30-16-18-32(24-35,19-17-30)27-12-14-29(34)15-13-27)21-20-33(25,28-10-6-3-7-11-28)31(37)38-23-26-8-4-2-5-9-26/h2-15,25,30H,16-23H2,1H3/t25-,30?,32?,33-/m1/s1. The van der Waals surface area contributed by atoms with Crippen LogP contribution >= 0.6 is 0 Å². The van der Waals surface area contributed by atoms with Crippen molar-refractivity contribution in [2.24, 2.45) is 5.92 Å². The van der Waals surface area contributed by atoms with Crippen LogP contribution in [0.15, 0.2) is 84.9 Å². The van der Waals surface area contributed by atoms with E-state index in [0.717, 1.165) is 55.5 Å². The first-order valence-electron chi connectivity index (χ1n) is 13.6. The lowest BCUT2D eigenvalue weighted by atomic mass is 9.65. The van der Waals surface area contributed by atoms with E-state index < -0.39 is 10.8 Å². The minimum Gasteiger partial charge on any atom is -0.460 e. The van der Waals surface area contributed by atoms with Crippen LogP contribution in [0.25, 0.3) is 0 Å². The Hall–Kier alpha value is -3.49. The van der Waals surface area contributed by atoms with Crippen molar-refractivity contribution in [2.45, 2.75) is 62.5 Å². The number of nitriles is 1. The van der Waals surface area contributed by atoms with Gasteiger partial charge in [0.1, 0.15) is 12.4 Å². The van der Waals surface area contributed by atoms with E-state index in [0.29, 0.717) is 12.5 Å². The highest BCUT2D eigenvalue weighted by atomic mass is 19.1. The Bertz CT molecular complexity index is 1260. The summed E-state index contributed by atoms with van der Waals surface area (Å²) in [6, 6.07) is 29.3. The molecule has 3 aromatic rings. The van der Waals surface area contributed by atoms with E-state index >= 15 is 0 Å². The predicted molar refractivity (Wildman–Crippen MR) is 146 cm³/mol. The first-order chi connectivity index (χ1) is 18.5. The van der Waals surface area contributed by atoms with E-state index in [2.05, 4.69) is 30.0 Å². The summed E-state index contributed by atoms with van der Waals surface area (Å²) in [6.07, 6.45) is 4.04. The van der Waals surface area contributed by atoms with E-state index in [-0.39, 0.29) is 24.3 Å². The average Bonchev–Trinajstić information content (AvgIpc) is 2.97. The Morgan fingerprint density at radius 1 is 0.947 bits per heavy atom. The number of nitrogens with zero attached hydrogens (tertiary/aromatic N) is 2. The molecule has 2 aliphatic rings. The Morgan fingerprint density at radius 2 is 1.58 bits per heavy atom. The fourth-order valence-electron chi connectivity index (χ4n) is 6.63. The van der Waals surface area contributed by atoms with E-state index in [9.17, 15) is 14.4 Å². The number of piperidine rings is 1. The van der Waals surface area contributed by atoms with Gasteiger partial charge >= 0.3 is 5.97 Å². The SMILES string of the molecule is C[C@@H]1CN(C2CCC(C#N)(c3ccc(F)cc3)CC2)CC[C@]1(C(=O)OCc1ccccc1)c1ccccc1. The van der Waals surface area contributed by atoms with Gasteiger partial charge in [0, 0.05) is 12.6 Å². The van der Waals surface area contributed by atoms with E-state index in [1.54, 1.807) is 12.1 Å². The van der Waals surface area contributed by atoms with Crippen LogP contribution in [-0.2, 0) is 27.0 Å². The van der Waals surface area contributed by atoms with Gasteiger partial charge in [0.15, 0.2) is 0 Å². The minimum absolute atomic E-state index is 0.0710. The molecule has 1 saturated heterocycles. The molecule has 0 radical (unpaired) electrons. The molecule has 1 saturated carbocycles. The molecule has 5 heteroatoms. The molecule has 1 aliphatic carbocycles. The molecule has 4 nitrogen and oxygen atoms in total. The maximum atomic E-state index is 13.8. The van der Waals surface area contributed by atoms with Gasteiger partial charge in [-0.1, -0.05) is 79.7 Å². The van der Waals surface area contributed by atoms with Gasteiger partial charge in [0.05, 0.1) is 16.9 Å². The second-order valence-corrected chi connectivity index (χ2v) is 11.0. The number of carbonyl (C=O) groups is 1. The maximum absolute atomic E-state index is 13.8. The number of benzene rings is 3. The van der Waals surface area contributed by atoms with Crippen molar-refractivity contribution < 1.29 is 13.9 Å². The molecule has 0 spiro atoms. The highest BCUT2D eigenvalue weighted by molar-refractivity contribution is 5.84. The summed E-state index contributed by atoms with van der Waals surface area (Å²) in [5, 5.41) is 10.1. The zero-order valence-electron chi connectivity index (χ0n) is 22.0. The number of likely N-dealkylation sites (tertiary alicyclic amines) is 1. The highest BCUT2D eigenvalue weighted by Crippen LogP contribution is 2.45. The summed E-state index contributed by atoms with van der Waals surface area (Å²) in [6.45, 7) is 4.05. The average molecular weight is 511 g/mol. The minimum atomic E-state index is -0.689. The van der Waals surface area contributed by atoms with Crippen molar-refractivity contribution in [1.29, 1.82) is 5.26 Å². The second-order valence-electron chi connectivity index (χ2n) is 11.0. The van der Waals surface area contributed by atoms with Crippen molar-refractivity contribution in [1.82, 2.24) is 4.90 Å². The number of ether oxygens (including phenoxy) is 1. The molecule has 2 fully saturated rings. The van der Waals surface area contributed by atoms with Crippen LogP contribution in [0, 0.1) is 23.1 Å². The lowest BCUT2D eigenvalue weighted by molar-refractivity contribution is -0.157. The number of rotatable bonds is 6. The molecule has 1 heterocycles. The molecule has 196 valence electrons. The number of esters is 1. The molecule has 1 aliphatic heterocycles. The van der Waals surface area contributed by atoms with Gasteiger partial charge in [-0.2, -0.15) is 5.26 Å². The zero-order valence-corrected chi connectivity index (χ0v) is 22.0. The molecule has 5 rings (SSSR count). The molecule has 0 amide bonds. The number of hydrogen-bond donors (Lipinski definition) is 0. The van der Waals surface area contributed by atoms with Crippen LogP contribution in [0.5, 0.6) is 0 Å². The van der Waals surface area contributed by atoms with Crippen LogP contribution < -0.4 is 0 Å². The summed E-state index contributed by atoms with van der Waals surface area (Å²) in [7, 11) is 0. The summed E-state index contributed by atoms with van der Waals surface area (Å²) in [5.41, 5.74) is 1.68. The van der Waals surface area contributed by atoms with E-state index in [1.807, 2.05) is 48.5 Å². The Balaban J connectivity index is 1.30. The summed E-state index contributed by atoms with van der Waals surface area (Å²) in [4.78, 5) is 16.3. The Kier molecular flexibility index (Phi) is 7.63. The van der Waals surface area contributed by atoms with Gasteiger partial charge < -0.3 is 9.64 Å². The van der Waals surface area contributed by atoms with Crippen molar-refractivity contribution in [3.63, 3.8) is 0 Å². The summed E-state index contributed by atoms with van der Waals surface area (Å²) >= 11 is 0. The second kappa shape index (κ2) is 11.1. The van der Waals surface area contributed by atoms with E-state index in [1.165, 1.54) is 12.1 Å². The number of carbonyl (C=O) groups excluding carboxylic acids is 1. The normalized spacial score (nSPS) is 27.8. The molecule has 0 bridgehead atoms. The maximum Gasteiger partial charge on any atom is 0.317 e. The van der Waals surface area contributed by atoms with Crippen LogP contribution in [0.1, 0.15) is 55.7 Å². The fourth-order valence-corrected chi connectivity index (χ4v) is 6.63. The summed E-state index contributed by atoms with van der Waals surface area (Å²) < 4.78 is 19.4. The molecule has 38 heavy (non-hydrogen) atoms. The molecule has 0 N–H and O–H groups in total. The molecular weight excluding hydrogens is 475 g/mol. The van der Waals surface area contributed by atoms with Crippen molar-refractivity contribution >= 4 is 5.97 Å². The van der Waals surface area contributed by atoms with Crippen molar-refractivity contribution in [2.75, 3.05) is 13.1 Å². The van der Waals surface area contributed by atoms with Crippen molar-refractivity contribution in [3.8, 4) is 6.07 Å². The van der Waals surface area contributed by atoms with Crippen LogP contribution in [0.4, 0.5) is 4.39 Å². The molecule has 2 atom stereocenters. The number of halogens is 1.